The van der Waals surface area contributed by atoms with E-state index in [-0.39, 0.29) is 19.1 Å². The molecule has 2 amide bonds. The molecule has 0 spiro atoms. The molecule has 4 atom stereocenters. The maximum Gasteiger partial charge on any atom is 0.264 e. The molecular formula is C34H37N5O5. The van der Waals surface area contributed by atoms with E-state index < -0.39 is 29.4 Å². The van der Waals surface area contributed by atoms with Gasteiger partial charge in [-0.3, -0.25) is 14.3 Å². The van der Waals surface area contributed by atoms with Gasteiger partial charge in [0.1, 0.15) is 6.10 Å². The molecule has 0 saturated heterocycles. The molecule has 4 N–H and O–H groups in total. The molecule has 1 unspecified atom stereocenters. The standard InChI is InChI=1S/C34H37N5O5/c1-23(11-9-10-18-38-21-30(36-37-38)28(22-40)26-14-7-4-8-15-26)34(44)29-19-27(35-32(42)24(2)41)16-17-31(29)39(33(34)43)20-25-12-5-3-6-13-25/h3-9,11-17,19,21,23-24,28,40-41,44H,10,18,20,22H2,1-2H3,(H,35,42)/b11-9+/t23-,24+,28?,34+/m1/s1. The Kier molecular flexibility index (Phi) is 9.34. The molecule has 1 aliphatic heterocycles. The third-order valence-corrected chi connectivity index (χ3v) is 8.01. The summed E-state index contributed by atoms with van der Waals surface area (Å²) in [5, 5.41) is 42.8. The van der Waals surface area contributed by atoms with E-state index in [1.165, 1.54) is 6.92 Å². The van der Waals surface area contributed by atoms with Crippen LogP contribution in [-0.2, 0) is 28.3 Å². The summed E-state index contributed by atoms with van der Waals surface area (Å²) in [4.78, 5) is 27.6. The summed E-state index contributed by atoms with van der Waals surface area (Å²) >= 11 is 0. The first-order valence-corrected chi connectivity index (χ1v) is 14.7. The molecule has 10 heteroatoms. The van der Waals surface area contributed by atoms with Crippen molar-refractivity contribution >= 4 is 23.2 Å². The van der Waals surface area contributed by atoms with Crippen molar-refractivity contribution in [2.24, 2.45) is 5.92 Å². The Balaban J connectivity index is 1.33. The van der Waals surface area contributed by atoms with Crippen molar-refractivity contribution in [1.82, 2.24) is 15.0 Å². The van der Waals surface area contributed by atoms with Gasteiger partial charge in [-0.05, 0) is 42.7 Å². The van der Waals surface area contributed by atoms with Crippen LogP contribution in [0.4, 0.5) is 11.4 Å². The number of hydrogen-bond donors (Lipinski definition) is 4. The molecule has 0 fully saturated rings. The summed E-state index contributed by atoms with van der Waals surface area (Å²) in [7, 11) is 0. The Labute approximate surface area is 256 Å². The first-order valence-electron chi connectivity index (χ1n) is 14.7. The van der Waals surface area contributed by atoms with E-state index in [4.69, 9.17) is 0 Å². The van der Waals surface area contributed by atoms with Crippen LogP contribution in [-0.4, -0.2) is 54.8 Å². The Hall–Kier alpha value is -4.64. The van der Waals surface area contributed by atoms with Gasteiger partial charge in [-0.15, -0.1) is 5.10 Å². The molecule has 2 heterocycles. The Morgan fingerprint density at radius 1 is 1.05 bits per heavy atom. The number of benzene rings is 3. The van der Waals surface area contributed by atoms with Crippen molar-refractivity contribution in [2.75, 3.05) is 16.8 Å². The number of aliphatic hydroxyl groups excluding tert-OH is 2. The van der Waals surface area contributed by atoms with E-state index in [2.05, 4.69) is 15.6 Å². The summed E-state index contributed by atoms with van der Waals surface area (Å²) in [5.41, 5.74) is 1.98. The highest BCUT2D eigenvalue weighted by atomic mass is 16.3. The lowest BCUT2D eigenvalue weighted by atomic mass is 9.82. The third kappa shape index (κ3) is 6.33. The fourth-order valence-electron chi connectivity index (χ4n) is 5.48. The van der Waals surface area contributed by atoms with Crippen molar-refractivity contribution in [2.45, 2.75) is 51.0 Å². The van der Waals surface area contributed by atoms with Gasteiger partial charge in [-0.1, -0.05) is 85.0 Å². The second kappa shape index (κ2) is 13.3. The van der Waals surface area contributed by atoms with Crippen LogP contribution >= 0.6 is 0 Å². The molecule has 0 aliphatic carbocycles. The minimum atomic E-state index is -1.88. The first-order chi connectivity index (χ1) is 21.2. The molecule has 10 nitrogen and oxygen atoms in total. The second-order valence-electron chi connectivity index (χ2n) is 11.1. The van der Waals surface area contributed by atoms with Gasteiger partial charge in [-0.25, -0.2) is 0 Å². The Morgan fingerprint density at radius 3 is 2.43 bits per heavy atom. The van der Waals surface area contributed by atoms with Crippen molar-refractivity contribution < 1.29 is 24.9 Å². The Morgan fingerprint density at radius 2 is 1.75 bits per heavy atom. The van der Waals surface area contributed by atoms with E-state index in [1.54, 1.807) is 34.7 Å². The van der Waals surface area contributed by atoms with Crippen LogP contribution in [0.1, 0.15) is 48.6 Å². The number of anilines is 2. The van der Waals surface area contributed by atoms with Gasteiger partial charge in [0, 0.05) is 29.9 Å². The molecule has 44 heavy (non-hydrogen) atoms. The van der Waals surface area contributed by atoms with Gasteiger partial charge in [-0.2, -0.15) is 0 Å². The number of amides is 2. The zero-order valence-corrected chi connectivity index (χ0v) is 24.7. The molecule has 228 valence electrons. The summed E-state index contributed by atoms with van der Waals surface area (Å²) in [6, 6.07) is 24.2. The Bertz CT molecular complexity index is 1620. The fraction of sp³-hybridized carbons (Fsp3) is 0.294. The number of allylic oxidation sites excluding steroid dienone is 1. The normalized spacial score (nSPS) is 18.3. The van der Waals surface area contributed by atoms with Gasteiger partial charge >= 0.3 is 0 Å². The number of aromatic nitrogens is 3. The van der Waals surface area contributed by atoms with E-state index in [1.807, 2.05) is 79.0 Å². The average Bonchev–Trinajstić information content (AvgIpc) is 3.58. The number of nitrogens with one attached hydrogen (secondary N) is 1. The minimum Gasteiger partial charge on any atom is -0.395 e. The number of nitrogens with zero attached hydrogens (tertiary/aromatic N) is 4. The highest BCUT2D eigenvalue weighted by molar-refractivity contribution is 6.08. The fourth-order valence-corrected chi connectivity index (χ4v) is 5.48. The van der Waals surface area contributed by atoms with Crippen LogP contribution in [0.5, 0.6) is 0 Å². The quantitative estimate of drug-likeness (QED) is 0.183. The van der Waals surface area contributed by atoms with Crippen LogP contribution in [0.2, 0.25) is 0 Å². The van der Waals surface area contributed by atoms with E-state index in [9.17, 15) is 24.9 Å². The lowest BCUT2D eigenvalue weighted by molar-refractivity contribution is -0.139. The summed E-state index contributed by atoms with van der Waals surface area (Å²) < 4.78 is 1.71. The number of rotatable bonds is 12. The molecule has 1 aliphatic rings. The van der Waals surface area contributed by atoms with Gasteiger partial charge in [0.05, 0.1) is 30.5 Å². The second-order valence-corrected chi connectivity index (χ2v) is 11.1. The SMILES string of the molecule is C[C@H](O)C(=O)Nc1ccc2c(c1)[C@@](O)([C@H](C)/C=C/CCn1cc(C(CO)c3ccccc3)nn1)C(=O)N2Cc1ccccc1. The summed E-state index contributed by atoms with van der Waals surface area (Å²) in [5.74, 6) is -1.92. The van der Waals surface area contributed by atoms with Crippen LogP contribution in [0.15, 0.2) is 97.2 Å². The predicted molar refractivity (Wildman–Crippen MR) is 167 cm³/mol. The third-order valence-electron chi connectivity index (χ3n) is 8.01. The number of hydrogen-bond acceptors (Lipinski definition) is 7. The van der Waals surface area contributed by atoms with Crippen LogP contribution < -0.4 is 10.2 Å². The molecule has 5 rings (SSSR count). The van der Waals surface area contributed by atoms with Crippen molar-refractivity contribution in [3.63, 3.8) is 0 Å². The number of aliphatic hydroxyl groups is 3. The maximum absolute atomic E-state index is 13.9. The number of aryl methyl sites for hydroxylation is 1. The van der Waals surface area contributed by atoms with E-state index in [0.717, 1.165) is 11.1 Å². The molecule has 0 bridgehead atoms. The topological polar surface area (TPSA) is 141 Å². The monoisotopic (exact) mass is 595 g/mol. The van der Waals surface area contributed by atoms with E-state index in [0.29, 0.717) is 35.6 Å². The lowest BCUT2D eigenvalue weighted by Crippen LogP contribution is -2.44. The van der Waals surface area contributed by atoms with Crippen molar-refractivity contribution in [3.05, 3.63) is 120 Å². The number of carbonyl (C=O) groups excluding carboxylic acids is 2. The van der Waals surface area contributed by atoms with Crippen LogP contribution in [0.25, 0.3) is 0 Å². The highest BCUT2D eigenvalue weighted by Gasteiger charge is 2.52. The maximum atomic E-state index is 13.9. The van der Waals surface area contributed by atoms with E-state index >= 15 is 0 Å². The molecule has 4 aromatic rings. The smallest absolute Gasteiger partial charge is 0.264 e. The molecule has 0 saturated carbocycles. The number of carbonyl (C=O) groups is 2. The minimum absolute atomic E-state index is 0.0834. The van der Waals surface area contributed by atoms with Crippen LogP contribution in [0.3, 0.4) is 0 Å². The molecular weight excluding hydrogens is 558 g/mol. The first kappa shape index (κ1) is 30.8. The van der Waals surface area contributed by atoms with Gasteiger partial charge in [0.15, 0.2) is 5.60 Å². The van der Waals surface area contributed by atoms with Crippen molar-refractivity contribution in [3.8, 4) is 0 Å². The average molecular weight is 596 g/mol. The summed E-state index contributed by atoms with van der Waals surface area (Å²) in [6.45, 7) is 3.86. The zero-order chi connectivity index (χ0) is 31.3. The lowest BCUT2D eigenvalue weighted by Gasteiger charge is -2.28. The molecule has 3 aromatic carbocycles. The molecule has 1 aromatic heterocycles. The molecule has 0 radical (unpaired) electrons. The van der Waals surface area contributed by atoms with Gasteiger partial charge in [0.2, 0.25) is 0 Å². The van der Waals surface area contributed by atoms with Crippen molar-refractivity contribution in [1.29, 1.82) is 0 Å². The highest BCUT2D eigenvalue weighted by Crippen LogP contribution is 2.47. The largest absolute Gasteiger partial charge is 0.395 e. The summed E-state index contributed by atoms with van der Waals surface area (Å²) in [6.07, 6.45) is 4.88. The number of fused-ring (bicyclic) bond motifs is 1. The van der Waals surface area contributed by atoms with Gasteiger partial charge in [0.25, 0.3) is 11.8 Å². The zero-order valence-electron chi connectivity index (χ0n) is 24.7. The van der Waals surface area contributed by atoms with Gasteiger partial charge < -0.3 is 25.5 Å². The van der Waals surface area contributed by atoms with Crippen LogP contribution in [0, 0.1) is 5.92 Å². The predicted octanol–water partition coefficient (Wildman–Crippen LogP) is 3.74.